The van der Waals surface area contributed by atoms with Crippen molar-refractivity contribution in [2.45, 2.75) is 89.8 Å². The van der Waals surface area contributed by atoms with Crippen molar-refractivity contribution >= 4 is 5.82 Å². The Balaban J connectivity index is 0.000000334. The number of anilines is 1. The number of ether oxygens (including phenoxy) is 1. The van der Waals surface area contributed by atoms with E-state index in [0.717, 1.165) is 87.7 Å². The van der Waals surface area contributed by atoms with Gasteiger partial charge in [0.05, 0.1) is 30.7 Å². The van der Waals surface area contributed by atoms with Crippen molar-refractivity contribution in [2.75, 3.05) is 38.7 Å². The molecule has 10 heteroatoms. The zero-order chi connectivity index (χ0) is 32.3. The number of aromatic nitrogens is 5. The summed E-state index contributed by atoms with van der Waals surface area (Å²) in [5.41, 5.74) is 8.12. The van der Waals surface area contributed by atoms with Gasteiger partial charge in [-0.15, -0.1) is 0 Å². The number of likely N-dealkylation sites (N-methyl/N-ethyl adjacent to an activating group) is 1. The van der Waals surface area contributed by atoms with Gasteiger partial charge in [0.1, 0.15) is 17.7 Å². The fourth-order valence-corrected chi connectivity index (χ4v) is 7.89. The summed E-state index contributed by atoms with van der Waals surface area (Å²) < 4.78 is 20.3. The van der Waals surface area contributed by atoms with E-state index in [4.69, 9.17) is 19.8 Å². The maximum Gasteiger partial charge on any atom is 0.318 e. The van der Waals surface area contributed by atoms with Gasteiger partial charge in [0.25, 0.3) is 0 Å². The summed E-state index contributed by atoms with van der Waals surface area (Å²) in [6.07, 6.45) is 8.68. The molecule has 2 saturated heterocycles. The number of aryl methyl sites for hydroxylation is 2. The van der Waals surface area contributed by atoms with Crippen molar-refractivity contribution in [1.29, 1.82) is 0 Å². The number of methoxy groups -OCH3 is 1. The van der Waals surface area contributed by atoms with Crippen LogP contribution in [0, 0.1) is 0 Å². The SMILES string of the molecule is CCCc1ccccc1C1Cc2nc(OC)nc(N3CCCn4nc(-c5ccccn5)cc4C3)c2CN1C.FC1CC2CCCN2C1. The molecular weight excluding hydrogens is 591 g/mol. The monoisotopic (exact) mass is 638 g/mol. The minimum atomic E-state index is -0.518. The van der Waals surface area contributed by atoms with Crippen LogP contribution in [-0.2, 0) is 32.5 Å². The second-order valence-electron chi connectivity index (χ2n) is 13.4. The van der Waals surface area contributed by atoms with Crippen molar-refractivity contribution in [1.82, 2.24) is 34.5 Å². The Hall–Kier alpha value is -3.89. The number of nitrogens with zero attached hydrogens (tertiary/aromatic N) is 8. The molecule has 8 rings (SSSR count). The highest BCUT2D eigenvalue weighted by molar-refractivity contribution is 5.56. The van der Waals surface area contributed by atoms with E-state index in [0.29, 0.717) is 18.6 Å². The molecule has 0 saturated carbocycles. The standard InChI is InChI=1S/C30H35N7O.C7H12FN/c1-4-10-21-11-5-6-12-23(21)28-18-26-24(20-35(28)2)29(33-30(32-26)38-3)36-15-9-16-37-22(19-36)17-27(34-37)25-13-7-8-14-31-25;8-6-4-7-2-1-3-9(7)5-6/h5-8,11-14,17,28H,4,9-10,15-16,18-20H2,1-3H3;6-7H,1-5H2. The molecule has 0 N–H and O–H groups in total. The van der Waals surface area contributed by atoms with Crippen molar-refractivity contribution < 1.29 is 9.13 Å². The van der Waals surface area contributed by atoms with Crippen LogP contribution in [0.2, 0.25) is 0 Å². The van der Waals surface area contributed by atoms with Gasteiger partial charge < -0.3 is 9.64 Å². The Labute approximate surface area is 277 Å². The second kappa shape index (κ2) is 14.1. The first kappa shape index (κ1) is 31.7. The van der Waals surface area contributed by atoms with E-state index in [2.05, 4.69) is 68.7 Å². The number of hydrogen-bond acceptors (Lipinski definition) is 8. The lowest BCUT2D eigenvalue weighted by Crippen LogP contribution is -2.35. The highest BCUT2D eigenvalue weighted by Gasteiger charge is 2.35. The molecule has 7 heterocycles. The number of hydrogen-bond donors (Lipinski definition) is 0. The molecule has 0 bridgehead atoms. The number of rotatable bonds is 6. The van der Waals surface area contributed by atoms with Crippen LogP contribution in [0.15, 0.2) is 54.7 Å². The average Bonchev–Trinajstić information content (AvgIpc) is 3.76. The predicted molar refractivity (Wildman–Crippen MR) is 182 cm³/mol. The van der Waals surface area contributed by atoms with Crippen LogP contribution < -0.4 is 9.64 Å². The van der Waals surface area contributed by atoms with Gasteiger partial charge >= 0.3 is 6.01 Å². The van der Waals surface area contributed by atoms with E-state index >= 15 is 0 Å². The lowest BCUT2D eigenvalue weighted by Gasteiger charge is -2.37. The van der Waals surface area contributed by atoms with Gasteiger partial charge in [-0.1, -0.05) is 43.7 Å². The molecule has 4 aliphatic heterocycles. The van der Waals surface area contributed by atoms with Gasteiger partial charge in [-0.3, -0.25) is 19.5 Å². The van der Waals surface area contributed by atoms with Crippen LogP contribution in [0.25, 0.3) is 11.4 Å². The average molecular weight is 639 g/mol. The van der Waals surface area contributed by atoms with Crippen LogP contribution in [-0.4, -0.2) is 80.5 Å². The largest absolute Gasteiger partial charge is 0.467 e. The Morgan fingerprint density at radius 3 is 2.66 bits per heavy atom. The zero-order valence-electron chi connectivity index (χ0n) is 28.0. The van der Waals surface area contributed by atoms with Gasteiger partial charge in [0.2, 0.25) is 0 Å². The molecule has 0 radical (unpaired) electrons. The molecule has 4 aromatic rings. The normalized spacial score (nSPS) is 22.6. The van der Waals surface area contributed by atoms with Gasteiger partial charge in [-0.25, -0.2) is 4.39 Å². The topological polar surface area (TPSA) is 75.4 Å². The molecule has 0 aliphatic carbocycles. The first-order valence-corrected chi connectivity index (χ1v) is 17.3. The molecule has 3 unspecified atom stereocenters. The van der Waals surface area contributed by atoms with Crippen molar-refractivity contribution in [3.05, 3.63) is 82.8 Å². The van der Waals surface area contributed by atoms with E-state index in [-0.39, 0.29) is 6.04 Å². The van der Waals surface area contributed by atoms with E-state index in [1.807, 2.05) is 24.4 Å². The molecule has 2 fully saturated rings. The summed E-state index contributed by atoms with van der Waals surface area (Å²) in [6.45, 7) is 7.41. The fourth-order valence-electron chi connectivity index (χ4n) is 7.89. The fraction of sp³-hybridized carbons (Fsp3) is 0.514. The zero-order valence-corrected chi connectivity index (χ0v) is 28.0. The summed E-state index contributed by atoms with van der Waals surface area (Å²) in [5, 5.41) is 4.87. The van der Waals surface area contributed by atoms with Crippen LogP contribution in [0.4, 0.5) is 10.2 Å². The highest BCUT2D eigenvalue weighted by Crippen LogP contribution is 2.38. The molecule has 0 spiro atoms. The second-order valence-corrected chi connectivity index (χ2v) is 13.4. The van der Waals surface area contributed by atoms with Crippen molar-refractivity contribution in [3.63, 3.8) is 0 Å². The Kier molecular flexibility index (Phi) is 9.49. The minimum Gasteiger partial charge on any atom is -0.467 e. The maximum absolute atomic E-state index is 12.6. The lowest BCUT2D eigenvalue weighted by atomic mass is 9.89. The molecule has 1 aromatic carbocycles. The number of halogens is 1. The molecule has 3 atom stereocenters. The van der Waals surface area contributed by atoms with Gasteiger partial charge in [-0.2, -0.15) is 15.1 Å². The van der Waals surface area contributed by atoms with Gasteiger partial charge in [0.15, 0.2) is 0 Å². The number of alkyl halides is 1. The van der Waals surface area contributed by atoms with Gasteiger partial charge in [0, 0.05) is 56.4 Å². The summed E-state index contributed by atoms with van der Waals surface area (Å²) >= 11 is 0. The Morgan fingerprint density at radius 1 is 0.979 bits per heavy atom. The molecule has 4 aliphatic rings. The summed E-state index contributed by atoms with van der Waals surface area (Å²) in [5.74, 6) is 0.980. The summed E-state index contributed by atoms with van der Waals surface area (Å²) in [6, 6.07) is 18.3. The lowest BCUT2D eigenvalue weighted by molar-refractivity contribution is 0.212. The molecule has 3 aromatic heterocycles. The minimum absolute atomic E-state index is 0.282. The highest BCUT2D eigenvalue weighted by atomic mass is 19.1. The first-order valence-electron chi connectivity index (χ1n) is 17.3. The smallest absolute Gasteiger partial charge is 0.318 e. The van der Waals surface area contributed by atoms with Gasteiger partial charge in [-0.05, 0) is 75.0 Å². The van der Waals surface area contributed by atoms with Crippen LogP contribution in [0.3, 0.4) is 0 Å². The predicted octanol–water partition coefficient (Wildman–Crippen LogP) is 6.03. The molecule has 9 nitrogen and oxygen atoms in total. The summed E-state index contributed by atoms with van der Waals surface area (Å²) in [7, 11) is 3.88. The van der Waals surface area contributed by atoms with Crippen LogP contribution >= 0.6 is 0 Å². The number of fused-ring (bicyclic) bond motifs is 3. The van der Waals surface area contributed by atoms with E-state index < -0.39 is 6.17 Å². The first-order chi connectivity index (χ1) is 23.0. The molecule has 0 amide bonds. The van der Waals surface area contributed by atoms with Crippen molar-refractivity contribution in [2.24, 2.45) is 0 Å². The van der Waals surface area contributed by atoms with Crippen molar-refractivity contribution in [3.8, 4) is 17.4 Å². The van der Waals surface area contributed by atoms with Crippen LogP contribution in [0.1, 0.15) is 73.1 Å². The van der Waals surface area contributed by atoms with E-state index in [1.165, 1.54) is 35.2 Å². The maximum atomic E-state index is 12.6. The third-order valence-corrected chi connectivity index (χ3v) is 10.2. The molecule has 47 heavy (non-hydrogen) atoms. The van der Waals surface area contributed by atoms with E-state index in [9.17, 15) is 4.39 Å². The Morgan fingerprint density at radius 2 is 1.85 bits per heavy atom. The number of pyridine rings is 1. The van der Waals surface area contributed by atoms with E-state index in [1.54, 1.807) is 7.11 Å². The summed E-state index contributed by atoms with van der Waals surface area (Å²) in [4.78, 5) is 21.4. The molecule has 248 valence electrons. The van der Waals surface area contributed by atoms with Crippen LogP contribution in [0.5, 0.6) is 6.01 Å². The molecular formula is C37H47FN8O. The quantitative estimate of drug-likeness (QED) is 0.254. The Bertz CT molecular complexity index is 1650. The third kappa shape index (κ3) is 6.76. The number of benzene rings is 1. The third-order valence-electron chi connectivity index (χ3n) is 10.2.